The van der Waals surface area contributed by atoms with Gasteiger partial charge in [-0.15, -0.1) is 0 Å². The molecular formula is C21H31N3O3. The van der Waals surface area contributed by atoms with Gasteiger partial charge in [0.05, 0.1) is 7.11 Å². The van der Waals surface area contributed by atoms with E-state index in [0.717, 1.165) is 30.7 Å². The van der Waals surface area contributed by atoms with Crippen LogP contribution in [0.2, 0.25) is 0 Å². The molecule has 6 heteroatoms. The van der Waals surface area contributed by atoms with Gasteiger partial charge in [0.2, 0.25) is 0 Å². The lowest BCUT2D eigenvalue weighted by molar-refractivity contribution is 0.241. The number of likely N-dealkylation sites (N-methyl/N-ethyl adjacent to an activating group) is 1. The number of hydrogen-bond donors (Lipinski definition) is 4. The SMILES string of the molecule is CCc1ccc(O)cc1.CNCCNC(=O)NCCc1cccc(OC)c1. The Morgan fingerprint density at radius 2 is 1.70 bits per heavy atom. The summed E-state index contributed by atoms with van der Waals surface area (Å²) < 4.78 is 5.14. The summed E-state index contributed by atoms with van der Waals surface area (Å²) in [5.41, 5.74) is 2.40. The van der Waals surface area contributed by atoms with Gasteiger partial charge < -0.3 is 25.8 Å². The van der Waals surface area contributed by atoms with Crippen molar-refractivity contribution in [3.8, 4) is 11.5 Å². The molecule has 0 saturated heterocycles. The Kier molecular flexibility index (Phi) is 11.1. The number of carbonyl (C=O) groups is 1. The maximum absolute atomic E-state index is 11.4. The fraction of sp³-hybridized carbons (Fsp3) is 0.381. The van der Waals surface area contributed by atoms with Crippen LogP contribution in [0.3, 0.4) is 0 Å². The van der Waals surface area contributed by atoms with Gasteiger partial charge in [-0.3, -0.25) is 0 Å². The quantitative estimate of drug-likeness (QED) is 0.536. The van der Waals surface area contributed by atoms with Gasteiger partial charge in [0.25, 0.3) is 0 Å². The number of carbonyl (C=O) groups excluding carboxylic acids is 1. The highest BCUT2D eigenvalue weighted by Crippen LogP contribution is 2.12. The summed E-state index contributed by atoms with van der Waals surface area (Å²) in [7, 11) is 3.49. The molecule has 148 valence electrons. The predicted molar refractivity (Wildman–Crippen MR) is 110 cm³/mol. The summed E-state index contributed by atoms with van der Waals surface area (Å²) in [5.74, 6) is 1.18. The fourth-order valence-corrected chi connectivity index (χ4v) is 2.24. The highest BCUT2D eigenvalue weighted by Gasteiger charge is 1.99. The van der Waals surface area contributed by atoms with Crippen LogP contribution in [0.1, 0.15) is 18.1 Å². The molecule has 2 aromatic carbocycles. The molecule has 0 atom stereocenters. The monoisotopic (exact) mass is 373 g/mol. The van der Waals surface area contributed by atoms with Crippen LogP contribution in [0.5, 0.6) is 11.5 Å². The van der Waals surface area contributed by atoms with Gasteiger partial charge in [-0.1, -0.05) is 31.2 Å². The van der Waals surface area contributed by atoms with Crippen LogP contribution in [0, 0.1) is 0 Å². The average Bonchev–Trinajstić information content (AvgIpc) is 2.69. The Hall–Kier alpha value is -2.73. The van der Waals surface area contributed by atoms with Crippen molar-refractivity contribution in [2.45, 2.75) is 19.8 Å². The first kappa shape index (κ1) is 22.3. The van der Waals surface area contributed by atoms with Crippen molar-refractivity contribution in [1.82, 2.24) is 16.0 Å². The standard InChI is InChI=1S/C13H21N3O2.C8H10O/c1-14-8-9-16-13(17)15-7-6-11-4-3-5-12(10-11)18-2;1-2-7-3-5-8(9)6-4-7/h3-5,10,14H,6-9H2,1-2H3,(H2,15,16,17);3-6,9H,2H2,1H3. The molecule has 4 N–H and O–H groups in total. The predicted octanol–water partition coefficient (Wildman–Crippen LogP) is 2.71. The largest absolute Gasteiger partial charge is 0.508 e. The second kappa shape index (κ2) is 13.5. The van der Waals surface area contributed by atoms with Crippen LogP contribution in [0.4, 0.5) is 4.79 Å². The summed E-state index contributed by atoms with van der Waals surface area (Å²) in [4.78, 5) is 11.4. The van der Waals surface area contributed by atoms with E-state index < -0.39 is 0 Å². The molecule has 0 aliphatic heterocycles. The molecule has 0 aliphatic carbocycles. The van der Waals surface area contributed by atoms with E-state index in [4.69, 9.17) is 9.84 Å². The van der Waals surface area contributed by atoms with Gasteiger partial charge in [-0.25, -0.2) is 4.79 Å². The number of methoxy groups -OCH3 is 1. The van der Waals surface area contributed by atoms with Crippen molar-refractivity contribution >= 4 is 6.03 Å². The number of aryl methyl sites for hydroxylation is 1. The van der Waals surface area contributed by atoms with E-state index in [0.29, 0.717) is 18.8 Å². The minimum Gasteiger partial charge on any atom is -0.508 e. The molecule has 27 heavy (non-hydrogen) atoms. The Balaban J connectivity index is 0.000000337. The number of phenolic OH excluding ortho intramolecular Hbond substituents is 1. The van der Waals surface area contributed by atoms with Crippen LogP contribution in [-0.2, 0) is 12.8 Å². The number of aromatic hydroxyl groups is 1. The number of urea groups is 1. The third-order valence-electron chi connectivity index (χ3n) is 3.84. The molecule has 0 bridgehead atoms. The summed E-state index contributed by atoms with van der Waals surface area (Å²) in [6, 6.07) is 15.0. The summed E-state index contributed by atoms with van der Waals surface area (Å²) in [5, 5.41) is 17.4. The summed E-state index contributed by atoms with van der Waals surface area (Å²) in [6.07, 6.45) is 1.82. The van der Waals surface area contributed by atoms with Crippen LogP contribution in [0.25, 0.3) is 0 Å². The normalized spacial score (nSPS) is 9.74. The van der Waals surface area contributed by atoms with E-state index in [1.807, 2.05) is 43.4 Å². The Morgan fingerprint density at radius 1 is 1.00 bits per heavy atom. The first-order valence-electron chi connectivity index (χ1n) is 9.16. The number of benzene rings is 2. The molecule has 0 aliphatic rings. The number of ether oxygens (including phenoxy) is 1. The molecule has 0 aromatic heterocycles. The summed E-state index contributed by atoms with van der Waals surface area (Å²) >= 11 is 0. The summed E-state index contributed by atoms with van der Waals surface area (Å²) in [6.45, 7) is 4.09. The fourth-order valence-electron chi connectivity index (χ4n) is 2.24. The first-order valence-corrected chi connectivity index (χ1v) is 9.16. The highest BCUT2D eigenvalue weighted by molar-refractivity contribution is 5.73. The topological polar surface area (TPSA) is 82.6 Å². The number of amides is 2. The Bertz CT molecular complexity index is 660. The number of rotatable bonds is 8. The van der Waals surface area contributed by atoms with Crippen LogP contribution in [-0.4, -0.2) is 44.9 Å². The third kappa shape index (κ3) is 10.1. The maximum Gasteiger partial charge on any atom is 0.314 e. The first-order chi connectivity index (χ1) is 13.1. The van der Waals surface area contributed by atoms with Gasteiger partial charge in [-0.2, -0.15) is 0 Å². The average molecular weight is 373 g/mol. The lowest BCUT2D eigenvalue weighted by Gasteiger charge is -2.08. The zero-order valence-corrected chi connectivity index (χ0v) is 16.4. The minimum atomic E-state index is -0.131. The van der Waals surface area contributed by atoms with Gasteiger partial charge in [0.1, 0.15) is 11.5 Å². The van der Waals surface area contributed by atoms with Gasteiger partial charge in [0.15, 0.2) is 0 Å². The lowest BCUT2D eigenvalue weighted by Crippen LogP contribution is -2.39. The number of nitrogens with one attached hydrogen (secondary N) is 3. The van der Waals surface area contributed by atoms with Crippen molar-refractivity contribution < 1.29 is 14.6 Å². The van der Waals surface area contributed by atoms with Gasteiger partial charge in [0, 0.05) is 19.6 Å². The Labute approximate surface area is 161 Å². The van der Waals surface area contributed by atoms with Crippen LogP contribution < -0.4 is 20.7 Å². The molecule has 2 rings (SSSR count). The molecule has 0 saturated carbocycles. The van der Waals surface area contributed by atoms with E-state index in [1.165, 1.54) is 5.56 Å². The molecule has 0 radical (unpaired) electrons. The van der Waals surface area contributed by atoms with E-state index in [-0.39, 0.29) is 6.03 Å². The molecule has 6 nitrogen and oxygen atoms in total. The molecule has 0 heterocycles. The second-order valence-electron chi connectivity index (χ2n) is 5.91. The number of hydrogen-bond acceptors (Lipinski definition) is 4. The molecule has 0 spiro atoms. The zero-order valence-electron chi connectivity index (χ0n) is 16.4. The van der Waals surface area contributed by atoms with Crippen LogP contribution >= 0.6 is 0 Å². The molecule has 0 unspecified atom stereocenters. The van der Waals surface area contributed by atoms with Gasteiger partial charge >= 0.3 is 6.03 Å². The lowest BCUT2D eigenvalue weighted by atomic mass is 10.1. The zero-order chi connectivity index (χ0) is 19.9. The van der Waals surface area contributed by atoms with Crippen LogP contribution in [0.15, 0.2) is 48.5 Å². The van der Waals surface area contributed by atoms with Crippen molar-refractivity contribution in [3.05, 3.63) is 59.7 Å². The highest BCUT2D eigenvalue weighted by atomic mass is 16.5. The van der Waals surface area contributed by atoms with Gasteiger partial charge in [-0.05, 0) is 55.3 Å². The minimum absolute atomic E-state index is 0.131. The molecule has 2 aromatic rings. The molecular weight excluding hydrogens is 342 g/mol. The van der Waals surface area contributed by atoms with E-state index >= 15 is 0 Å². The third-order valence-corrected chi connectivity index (χ3v) is 3.84. The Morgan fingerprint density at radius 3 is 2.33 bits per heavy atom. The molecule has 0 fully saturated rings. The van der Waals surface area contributed by atoms with E-state index in [1.54, 1.807) is 19.2 Å². The van der Waals surface area contributed by atoms with E-state index in [2.05, 4.69) is 22.9 Å². The van der Waals surface area contributed by atoms with Crippen molar-refractivity contribution in [2.24, 2.45) is 0 Å². The van der Waals surface area contributed by atoms with Crippen molar-refractivity contribution in [3.63, 3.8) is 0 Å². The van der Waals surface area contributed by atoms with E-state index in [9.17, 15) is 4.79 Å². The van der Waals surface area contributed by atoms with Crippen molar-refractivity contribution in [1.29, 1.82) is 0 Å². The van der Waals surface area contributed by atoms with Crippen molar-refractivity contribution in [2.75, 3.05) is 33.8 Å². The smallest absolute Gasteiger partial charge is 0.314 e. The maximum atomic E-state index is 11.4. The number of phenols is 1. The molecule has 2 amide bonds. The second-order valence-corrected chi connectivity index (χ2v) is 5.91.